The number of hydrogen-bond acceptors (Lipinski definition) is 4. The average Bonchev–Trinajstić information content (AvgIpc) is 2.80. The van der Waals surface area contributed by atoms with Crippen LogP contribution in [-0.4, -0.2) is 10.8 Å². The second-order valence-electron chi connectivity index (χ2n) is 5.00. The molecule has 1 aliphatic rings. The predicted octanol–water partition coefficient (Wildman–Crippen LogP) is 3.14. The molecule has 106 valence electrons. The third-order valence-corrected chi connectivity index (χ3v) is 3.36. The monoisotopic (exact) mass is 283 g/mol. The molecule has 0 aliphatic carbocycles. The highest BCUT2D eigenvalue weighted by atomic mass is 16.6. The van der Waals surface area contributed by atoms with Gasteiger partial charge in [0, 0.05) is 17.4 Å². The average molecular weight is 283 g/mol. The Morgan fingerprint density at radius 1 is 1.24 bits per heavy atom. The van der Waals surface area contributed by atoms with Crippen LogP contribution in [0.1, 0.15) is 11.1 Å². The molecule has 3 rings (SSSR count). The molecule has 2 aromatic rings. The summed E-state index contributed by atoms with van der Waals surface area (Å²) in [7, 11) is 0. The normalized spacial score (nSPS) is 12.7. The lowest BCUT2D eigenvalue weighted by Crippen LogP contribution is -2.03. The molecular weight excluding hydrogens is 270 g/mol. The number of nitro groups is 1. The highest BCUT2D eigenvalue weighted by Gasteiger charge is 2.18. The number of anilines is 3. The minimum absolute atomic E-state index is 0.0321. The van der Waals surface area contributed by atoms with E-state index in [9.17, 15) is 14.9 Å². The van der Waals surface area contributed by atoms with Gasteiger partial charge in [-0.1, -0.05) is 6.07 Å². The molecule has 0 radical (unpaired) electrons. The first-order valence-corrected chi connectivity index (χ1v) is 6.48. The van der Waals surface area contributed by atoms with E-state index in [1.54, 1.807) is 18.2 Å². The number of hydrogen-bond donors (Lipinski definition) is 2. The van der Waals surface area contributed by atoms with Gasteiger partial charge in [-0.05, 0) is 42.3 Å². The maximum absolute atomic E-state index is 11.3. The predicted molar refractivity (Wildman–Crippen MR) is 79.9 cm³/mol. The molecule has 0 aromatic heterocycles. The summed E-state index contributed by atoms with van der Waals surface area (Å²) >= 11 is 0. The molecule has 0 fully saturated rings. The van der Waals surface area contributed by atoms with E-state index in [0.717, 1.165) is 22.5 Å². The second kappa shape index (κ2) is 4.90. The molecule has 1 heterocycles. The molecule has 1 aliphatic heterocycles. The van der Waals surface area contributed by atoms with Gasteiger partial charge in [0.05, 0.1) is 11.3 Å². The Morgan fingerprint density at radius 3 is 2.81 bits per heavy atom. The van der Waals surface area contributed by atoms with Gasteiger partial charge in [0.1, 0.15) is 5.69 Å². The van der Waals surface area contributed by atoms with Crippen molar-refractivity contribution in [2.24, 2.45) is 0 Å². The van der Waals surface area contributed by atoms with Crippen molar-refractivity contribution in [1.82, 2.24) is 0 Å². The highest BCUT2D eigenvalue weighted by molar-refractivity contribution is 5.99. The van der Waals surface area contributed by atoms with Crippen molar-refractivity contribution in [1.29, 1.82) is 0 Å². The maximum Gasteiger partial charge on any atom is 0.292 e. The summed E-state index contributed by atoms with van der Waals surface area (Å²) in [6, 6.07) is 10.4. The van der Waals surface area contributed by atoms with Gasteiger partial charge in [0.25, 0.3) is 5.69 Å². The van der Waals surface area contributed by atoms with Crippen LogP contribution in [0.5, 0.6) is 0 Å². The topological polar surface area (TPSA) is 84.3 Å². The molecule has 1 amide bonds. The molecule has 0 bridgehead atoms. The van der Waals surface area contributed by atoms with Crippen molar-refractivity contribution < 1.29 is 9.72 Å². The standard InChI is InChI=1S/C15H13N3O3/c1-9-2-4-13(14(6-9)18(20)21)16-11-3-5-12-10(7-11)8-15(19)17-12/h2-7,16H,8H2,1H3,(H,17,19). The minimum Gasteiger partial charge on any atom is -0.350 e. The zero-order valence-corrected chi connectivity index (χ0v) is 11.3. The van der Waals surface area contributed by atoms with E-state index < -0.39 is 4.92 Å². The number of carbonyl (C=O) groups excluding carboxylic acids is 1. The number of benzene rings is 2. The molecule has 6 heteroatoms. The zero-order chi connectivity index (χ0) is 15.0. The van der Waals surface area contributed by atoms with Gasteiger partial charge in [0.2, 0.25) is 5.91 Å². The van der Waals surface area contributed by atoms with Crippen molar-refractivity contribution in [2.45, 2.75) is 13.3 Å². The van der Waals surface area contributed by atoms with E-state index in [1.165, 1.54) is 6.07 Å². The number of fused-ring (bicyclic) bond motifs is 1. The van der Waals surface area contributed by atoms with Crippen LogP contribution in [0.4, 0.5) is 22.7 Å². The van der Waals surface area contributed by atoms with Crippen molar-refractivity contribution in [3.63, 3.8) is 0 Å². The fourth-order valence-electron chi connectivity index (χ4n) is 2.36. The summed E-state index contributed by atoms with van der Waals surface area (Å²) in [6.45, 7) is 1.81. The summed E-state index contributed by atoms with van der Waals surface area (Å²) < 4.78 is 0. The smallest absolute Gasteiger partial charge is 0.292 e. The lowest BCUT2D eigenvalue weighted by atomic mass is 10.1. The van der Waals surface area contributed by atoms with Gasteiger partial charge in [-0.3, -0.25) is 14.9 Å². The Morgan fingerprint density at radius 2 is 2.05 bits per heavy atom. The van der Waals surface area contributed by atoms with Crippen LogP contribution in [0, 0.1) is 17.0 Å². The van der Waals surface area contributed by atoms with Crippen LogP contribution >= 0.6 is 0 Å². The van der Waals surface area contributed by atoms with Gasteiger partial charge in [-0.15, -0.1) is 0 Å². The highest BCUT2D eigenvalue weighted by Crippen LogP contribution is 2.31. The van der Waals surface area contributed by atoms with Gasteiger partial charge in [-0.25, -0.2) is 0 Å². The first kappa shape index (κ1) is 13.1. The molecule has 21 heavy (non-hydrogen) atoms. The van der Waals surface area contributed by atoms with Crippen LogP contribution in [0.3, 0.4) is 0 Å². The number of nitrogens with one attached hydrogen (secondary N) is 2. The number of nitro benzene ring substituents is 1. The molecule has 0 spiro atoms. The van der Waals surface area contributed by atoms with Gasteiger partial charge < -0.3 is 10.6 Å². The van der Waals surface area contributed by atoms with Gasteiger partial charge >= 0.3 is 0 Å². The lowest BCUT2D eigenvalue weighted by Gasteiger charge is -2.09. The van der Waals surface area contributed by atoms with Gasteiger partial charge in [-0.2, -0.15) is 0 Å². The molecule has 2 N–H and O–H groups in total. The Bertz CT molecular complexity index is 756. The van der Waals surface area contributed by atoms with Crippen LogP contribution in [0.15, 0.2) is 36.4 Å². The number of carbonyl (C=O) groups is 1. The summed E-state index contributed by atoms with van der Waals surface area (Å²) in [5, 5.41) is 16.9. The van der Waals surface area contributed by atoms with E-state index in [0.29, 0.717) is 12.1 Å². The molecule has 6 nitrogen and oxygen atoms in total. The lowest BCUT2D eigenvalue weighted by molar-refractivity contribution is -0.384. The Kier molecular flexibility index (Phi) is 3.06. The van der Waals surface area contributed by atoms with Crippen LogP contribution in [0.2, 0.25) is 0 Å². The Labute approximate surface area is 120 Å². The number of nitrogens with zero attached hydrogens (tertiary/aromatic N) is 1. The minimum atomic E-state index is -0.409. The van der Waals surface area contributed by atoms with Crippen molar-refractivity contribution in [3.05, 3.63) is 57.6 Å². The van der Waals surface area contributed by atoms with E-state index in [1.807, 2.05) is 19.1 Å². The third-order valence-electron chi connectivity index (χ3n) is 3.36. The first-order valence-electron chi connectivity index (χ1n) is 6.48. The zero-order valence-electron chi connectivity index (χ0n) is 11.3. The van der Waals surface area contributed by atoms with Crippen molar-refractivity contribution in [2.75, 3.05) is 10.6 Å². The number of aryl methyl sites for hydroxylation is 1. The summed E-state index contributed by atoms with van der Waals surface area (Å²) in [5.74, 6) is -0.0385. The molecular formula is C15H13N3O3. The molecule has 0 saturated heterocycles. The second-order valence-corrected chi connectivity index (χ2v) is 5.00. The molecule has 0 atom stereocenters. The maximum atomic E-state index is 11.3. The molecule has 2 aromatic carbocycles. The van der Waals surface area contributed by atoms with E-state index in [2.05, 4.69) is 10.6 Å². The van der Waals surface area contributed by atoms with Gasteiger partial charge in [0.15, 0.2) is 0 Å². The molecule has 0 saturated carbocycles. The first-order chi connectivity index (χ1) is 10.0. The van der Waals surface area contributed by atoms with E-state index in [-0.39, 0.29) is 11.6 Å². The van der Waals surface area contributed by atoms with E-state index >= 15 is 0 Å². The van der Waals surface area contributed by atoms with Crippen LogP contribution in [0.25, 0.3) is 0 Å². The Hall–Kier alpha value is -2.89. The largest absolute Gasteiger partial charge is 0.350 e. The summed E-state index contributed by atoms with van der Waals surface area (Å²) in [5.41, 5.74) is 3.70. The molecule has 0 unspecified atom stereocenters. The van der Waals surface area contributed by atoms with Crippen LogP contribution in [-0.2, 0) is 11.2 Å². The third kappa shape index (κ3) is 2.55. The SMILES string of the molecule is Cc1ccc(Nc2ccc3c(c2)CC(=O)N3)c([N+](=O)[O-])c1. The van der Waals surface area contributed by atoms with E-state index in [4.69, 9.17) is 0 Å². The quantitative estimate of drug-likeness (QED) is 0.669. The summed E-state index contributed by atoms with van der Waals surface area (Å²) in [4.78, 5) is 22.0. The van der Waals surface area contributed by atoms with Crippen molar-refractivity contribution >= 4 is 28.7 Å². The van der Waals surface area contributed by atoms with Crippen molar-refractivity contribution in [3.8, 4) is 0 Å². The summed E-state index contributed by atoms with van der Waals surface area (Å²) in [6.07, 6.45) is 0.334. The number of amides is 1. The fourth-order valence-corrected chi connectivity index (χ4v) is 2.36. The Balaban J connectivity index is 1.93. The van der Waals surface area contributed by atoms with Crippen LogP contribution < -0.4 is 10.6 Å². The fraction of sp³-hybridized carbons (Fsp3) is 0.133. The number of rotatable bonds is 3.